The van der Waals surface area contributed by atoms with E-state index in [0.29, 0.717) is 28.7 Å². The Kier molecular flexibility index (Phi) is 4.50. The molecule has 7 nitrogen and oxygen atoms in total. The minimum absolute atomic E-state index is 0.0621. The maximum atomic E-state index is 14.0. The lowest BCUT2D eigenvalue weighted by molar-refractivity contribution is 0.0813. The predicted octanol–water partition coefficient (Wildman–Crippen LogP) is 3.34. The third kappa shape index (κ3) is 3.27. The zero-order chi connectivity index (χ0) is 20.0. The van der Waals surface area contributed by atoms with Crippen molar-refractivity contribution < 1.29 is 9.18 Å². The lowest BCUT2D eigenvalue weighted by Crippen LogP contribution is -2.59. The first-order chi connectivity index (χ1) is 14.1. The summed E-state index contributed by atoms with van der Waals surface area (Å²) < 4.78 is 14.0. The number of halogens is 2. The van der Waals surface area contributed by atoms with E-state index in [4.69, 9.17) is 11.6 Å². The van der Waals surface area contributed by atoms with Crippen LogP contribution < -0.4 is 4.90 Å². The highest BCUT2D eigenvalue weighted by molar-refractivity contribution is 6.29. The molecular formula is C20H18ClFN6O. The van der Waals surface area contributed by atoms with E-state index in [1.165, 1.54) is 29.3 Å². The zero-order valence-corrected chi connectivity index (χ0v) is 16.2. The number of rotatable bonds is 4. The van der Waals surface area contributed by atoms with Crippen molar-refractivity contribution in [3.63, 3.8) is 0 Å². The number of benzene rings is 1. The van der Waals surface area contributed by atoms with Gasteiger partial charge >= 0.3 is 0 Å². The van der Waals surface area contributed by atoms with Crippen LogP contribution in [0.3, 0.4) is 0 Å². The van der Waals surface area contributed by atoms with Crippen LogP contribution in [0.2, 0.25) is 5.15 Å². The number of hydrogen-bond donors (Lipinski definition) is 0. The molecule has 1 unspecified atom stereocenters. The average molecular weight is 413 g/mol. The maximum Gasteiger partial charge on any atom is 0.168 e. The van der Waals surface area contributed by atoms with Crippen molar-refractivity contribution in [2.24, 2.45) is 11.8 Å². The van der Waals surface area contributed by atoms with Crippen LogP contribution in [0.15, 0.2) is 42.9 Å². The number of aromatic nitrogens is 5. The summed E-state index contributed by atoms with van der Waals surface area (Å²) in [5.41, 5.74) is 1.75. The van der Waals surface area contributed by atoms with E-state index in [9.17, 15) is 9.18 Å². The Morgan fingerprint density at radius 1 is 1.17 bits per heavy atom. The largest absolute Gasteiger partial charge is 0.366 e. The molecule has 2 aliphatic rings. The summed E-state index contributed by atoms with van der Waals surface area (Å²) in [6.07, 6.45) is 7.24. The van der Waals surface area contributed by atoms with Gasteiger partial charge in [-0.15, -0.1) is 5.10 Å². The topological polar surface area (TPSA) is 76.8 Å². The molecule has 3 atom stereocenters. The fourth-order valence-electron chi connectivity index (χ4n) is 4.52. The molecule has 0 bridgehead atoms. The average Bonchev–Trinajstić information content (AvgIpc) is 3.23. The summed E-state index contributed by atoms with van der Waals surface area (Å²) >= 11 is 5.98. The van der Waals surface area contributed by atoms with Gasteiger partial charge in [0, 0.05) is 30.1 Å². The van der Waals surface area contributed by atoms with Crippen LogP contribution in [0.5, 0.6) is 0 Å². The molecule has 1 aliphatic carbocycles. The number of ketones is 1. The molecule has 1 aliphatic heterocycles. The van der Waals surface area contributed by atoms with Gasteiger partial charge in [0.25, 0.3) is 0 Å². The van der Waals surface area contributed by atoms with Gasteiger partial charge in [-0.3, -0.25) is 4.79 Å². The SMILES string of the molecule is O=C(c1cc(F)ccc1-n1nccn1)C1CC[C@H]2CN(c3cnnc(Cl)c3)[C@H]2C1. The fourth-order valence-corrected chi connectivity index (χ4v) is 4.67. The lowest BCUT2D eigenvalue weighted by atomic mass is 9.70. The van der Waals surface area contributed by atoms with Gasteiger partial charge in [0.2, 0.25) is 0 Å². The molecule has 1 aromatic carbocycles. The quantitative estimate of drug-likeness (QED) is 0.612. The van der Waals surface area contributed by atoms with E-state index in [2.05, 4.69) is 25.3 Å². The standard InChI is InChI=1S/C20H18ClFN6O/c21-19-9-15(10-23-26-19)27-11-13-2-1-12(7-18(13)27)20(29)16-8-14(22)3-4-17(16)28-24-5-6-25-28/h3-6,8-10,12-13,18H,1-2,7,11H2/t12?,13-,18-/m0/s1. The molecule has 3 heterocycles. The van der Waals surface area contributed by atoms with E-state index in [1.807, 2.05) is 0 Å². The number of carbonyl (C=O) groups is 1. The van der Waals surface area contributed by atoms with Crippen LogP contribution in [-0.2, 0) is 0 Å². The van der Waals surface area contributed by atoms with Gasteiger partial charge in [-0.2, -0.15) is 20.1 Å². The molecule has 1 saturated heterocycles. The fraction of sp³-hybridized carbons (Fsp3) is 0.350. The van der Waals surface area contributed by atoms with Crippen LogP contribution in [-0.4, -0.2) is 43.6 Å². The summed E-state index contributed by atoms with van der Waals surface area (Å²) in [5.74, 6) is -0.139. The van der Waals surface area contributed by atoms with Crippen molar-refractivity contribution >= 4 is 23.1 Å². The third-order valence-corrected chi connectivity index (χ3v) is 6.14. The van der Waals surface area contributed by atoms with E-state index in [1.54, 1.807) is 18.3 Å². The van der Waals surface area contributed by atoms with Crippen molar-refractivity contribution in [2.75, 3.05) is 11.4 Å². The van der Waals surface area contributed by atoms with Crippen LogP contribution in [0.1, 0.15) is 29.6 Å². The van der Waals surface area contributed by atoms with Crippen LogP contribution in [0.25, 0.3) is 5.69 Å². The van der Waals surface area contributed by atoms with Gasteiger partial charge in [0.1, 0.15) is 5.82 Å². The smallest absolute Gasteiger partial charge is 0.168 e. The van der Waals surface area contributed by atoms with Gasteiger partial charge in [-0.1, -0.05) is 11.6 Å². The maximum absolute atomic E-state index is 14.0. The Morgan fingerprint density at radius 2 is 2.00 bits per heavy atom. The number of hydrogen-bond acceptors (Lipinski definition) is 6. The molecule has 1 saturated carbocycles. The monoisotopic (exact) mass is 412 g/mol. The molecule has 9 heteroatoms. The molecule has 0 amide bonds. The zero-order valence-electron chi connectivity index (χ0n) is 15.4. The molecule has 148 valence electrons. The van der Waals surface area contributed by atoms with Crippen molar-refractivity contribution in [3.8, 4) is 5.69 Å². The number of carbonyl (C=O) groups excluding carboxylic acids is 1. The van der Waals surface area contributed by atoms with Crippen LogP contribution >= 0.6 is 11.6 Å². The Balaban J connectivity index is 1.40. The van der Waals surface area contributed by atoms with Crippen molar-refractivity contribution in [2.45, 2.75) is 25.3 Å². The van der Waals surface area contributed by atoms with Gasteiger partial charge < -0.3 is 4.90 Å². The molecule has 0 radical (unpaired) electrons. The number of nitrogens with zero attached hydrogens (tertiary/aromatic N) is 6. The first-order valence-corrected chi connectivity index (χ1v) is 9.93. The summed E-state index contributed by atoms with van der Waals surface area (Å²) in [4.78, 5) is 16.9. The van der Waals surface area contributed by atoms with E-state index in [0.717, 1.165) is 25.1 Å². The van der Waals surface area contributed by atoms with Crippen molar-refractivity contribution in [3.05, 3.63) is 59.4 Å². The highest BCUT2D eigenvalue weighted by Crippen LogP contribution is 2.43. The second-order valence-corrected chi connectivity index (χ2v) is 7.96. The first kappa shape index (κ1) is 18.2. The highest BCUT2D eigenvalue weighted by atomic mass is 35.5. The second kappa shape index (κ2) is 7.18. The van der Waals surface area contributed by atoms with Crippen molar-refractivity contribution in [1.82, 2.24) is 25.2 Å². The van der Waals surface area contributed by atoms with E-state index in [-0.39, 0.29) is 17.7 Å². The number of anilines is 1. The van der Waals surface area contributed by atoms with Gasteiger partial charge in [0.05, 0.1) is 30.0 Å². The summed E-state index contributed by atoms with van der Waals surface area (Å²) in [6.45, 7) is 0.927. The molecule has 29 heavy (non-hydrogen) atoms. The number of Topliss-reactive ketones (excluding diaryl/α,β-unsaturated/α-hetero) is 1. The molecule has 2 aromatic heterocycles. The van der Waals surface area contributed by atoms with Gasteiger partial charge in [-0.05, 0) is 43.4 Å². The third-order valence-electron chi connectivity index (χ3n) is 5.96. The minimum Gasteiger partial charge on any atom is -0.366 e. The van der Waals surface area contributed by atoms with Gasteiger partial charge in [-0.25, -0.2) is 4.39 Å². The predicted molar refractivity (Wildman–Crippen MR) is 105 cm³/mol. The van der Waals surface area contributed by atoms with Gasteiger partial charge in [0.15, 0.2) is 10.9 Å². The Labute approximate surface area is 171 Å². The molecule has 0 spiro atoms. The Morgan fingerprint density at radius 3 is 2.79 bits per heavy atom. The molecular weight excluding hydrogens is 395 g/mol. The van der Waals surface area contributed by atoms with E-state index < -0.39 is 5.82 Å². The van der Waals surface area contributed by atoms with Crippen molar-refractivity contribution in [1.29, 1.82) is 0 Å². The molecule has 2 fully saturated rings. The Bertz CT molecular complexity index is 1060. The lowest BCUT2D eigenvalue weighted by Gasteiger charge is -2.53. The van der Waals surface area contributed by atoms with Crippen LogP contribution in [0.4, 0.5) is 10.1 Å². The minimum atomic E-state index is -0.444. The summed E-state index contributed by atoms with van der Waals surface area (Å²) in [5, 5.41) is 16.3. The normalized spacial score (nSPS) is 23.4. The summed E-state index contributed by atoms with van der Waals surface area (Å²) in [7, 11) is 0. The Hall–Kier alpha value is -2.87. The first-order valence-electron chi connectivity index (χ1n) is 9.55. The van der Waals surface area contributed by atoms with E-state index >= 15 is 0 Å². The molecule has 0 N–H and O–H groups in total. The summed E-state index contributed by atoms with van der Waals surface area (Å²) in [6, 6.07) is 6.20. The van der Waals surface area contributed by atoms with Crippen LogP contribution in [0, 0.1) is 17.7 Å². The molecule has 3 aromatic rings. The molecule has 5 rings (SSSR count). The second-order valence-electron chi connectivity index (χ2n) is 7.57. The number of fused-ring (bicyclic) bond motifs is 1. The highest BCUT2D eigenvalue weighted by Gasteiger charge is 2.45.